The van der Waals surface area contributed by atoms with Crippen molar-refractivity contribution in [2.45, 2.75) is 39.3 Å². The molecular formula is C26H27N7O2. The van der Waals surface area contributed by atoms with Gasteiger partial charge in [-0.05, 0) is 42.5 Å². The van der Waals surface area contributed by atoms with Gasteiger partial charge in [-0.15, -0.1) is 0 Å². The lowest BCUT2D eigenvalue weighted by atomic mass is 9.95. The summed E-state index contributed by atoms with van der Waals surface area (Å²) in [5.74, 6) is 2.62. The minimum atomic E-state index is -0.244. The normalized spacial score (nSPS) is 16.7. The summed E-state index contributed by atoms with van der Waals surface area (Å²) in [4.78, 5) is 12.4. The number of benzene rings is 1. The van der Waals surface area contributed by atoms with Crippen LogP contribution in [0.1, 0.15) is 38.3 Å². The Kier molecular flexibility index (Phi) is 5.10. The molecule has 0 bridgehead atoms. The number of H-pyrrole nitrogens is 1. The van der Waals surface area contributed by atoms with Gasteiger partial charge in [0.15, 0.2) is 11.5 Å². The molecule has 2 aliphatic rings. The van der Waals surface area contributed by atoms with Gasteiger partial charge in [0, 0.05) is 11.8 Å². The van der Waals surface area contributed by atoms with E-state index in [1.807, 2.05) is 23.1 Å². The number of nitrogens with one attached hydrogen (secondary N) is 2. The molecule has 1 saturated carbocycles. The maximum absolute atomic E-state index is 9.39. The van der Waals surface area contributed by atoms with Gasteiger partial charge in [-0.1, -0.05) is 19.9 Å². The number of fused-ring (bicyclic) bond motifs is 2. The minimum Gasteiger partial charge on any atom is -0.486 e. The summed E-state index contributed by atoms with van der Waals surface area (Å²) in [7, 11) is 0. The van der Waals surface area contributed by atoms with Gasteiger partial charge in [0.1, 0.15) is 31.0 Å². The first-order valence-electron chi connectivity index (χ1n) is 12.0. The van der Waals surface area contributed by atoms with E-state index in [-0.39, 0.29) is 11.5 Å². The molecule has 6 rings (SSSR count). The number of rotatable bonds is 7. The third kappa shape index (κ3) is 4.05. The Balaban J connectivity index is 1.29. The van der Waals surface area contributed by atoms with Crippen molar-refractivity contribution >= 4 is 16.9 Å². The number of hydrogen-bond donors (Lipinski definition) is 2. The molecule has 1 atom stereocenters. The zero-order valence-corrected chi connectivity index (χ0v) is 19.8. The molecule has 2 N–H and O–H groups in total. The van der Waals surface area contributed by atoms with E-state index in [9.17, 15) is 5.26 Å². The van der Waals surface area contributed by atoms with Crippen LogP contribution < -0.4 is 14.8 Å². The second-order valence-corrected chi connectivity index (χ2v) is 9.76. The molecule has 0 saturated heterocycles. The van der Waals surface area contributed by atoms with Gasteiger partial charge in [0.05, 0.1) is 41.3 Å². The molecule has 9 nitrogen and oxygen atoms in total. The van der Waals surface area contributed by atoms with E-state index in [0.29, 0.717) is 25.7 Å². The molecule has 35 heavy (non-hydrogen) atoms. The van der Waals surface area contributed by atoms with Crippen LogP contribution in [0.5, 0.6) is 11.5 Å². The van der Waals surface area contributed by atoms with Crippen molar-refractivity contribution in [1.29, 1.82) is 5.26 Å². The van der Waals surface area contributed by atoms with E-state index in [0.717, 1.165) is 58.0 Å². The van der Waals surface area contributed by atoms with Crippen molar-refractivity contribution in [3.63, 3.8) is 0 Å². The van der Waals surface area contributed by atoms with Gasteiger partial charge in [-0.2, -0.15) is 10.4 Å². The van der Waals surface area contributed by atoms with Gasteiger partial charge in [-0.3, -0.25) is 4.68 Å². The van der Waals surface area contributed by atoms with Crippen LogP contribution in [0.2, 0.25) is 0 Å². The first-order valence-corrected chi connectivity index (χ1v) is 12.0. The molecule has 0 spiro atoms. The van der Waals surface area contributed by atoms with Crippen molar-refractivity contribution in [2.24, 2.45) is 11.3 Å². The number of anilines is 1. The zero-order chi connectivity index (χ0) is 24.0. The summed E-state index contributed by atoms with van der Waals surface area (Å²) in [6.45, 7) is 6.12. The average molecular weight is 470 g/mol. The van der Waals surface area contributed by atoms with Crippen molar-refractivity contribution in [1.82, 2.24) is 24.7 Å². The molecule has 4 heterocycles. The molecule has 0 unspecified atom stereocenters. The molecule has 178 valence electrons. The Hall–Kier alpha value is -4.06. The number of hydrogen-bond acceptors (Lipinski definition) is 7. The van der Waals surface area contributed by atoms with Crippen LogP contribution >= 0.6 is 0 Å². The van der Waals surface area contributed by atoms with Crippen LogP contribution in [0.3, 0.4) is 0 Å². The van der Waals surface area contributed by atoms with Crippen molar-refractivity contribution in [3.8, 4) is 28.8 Å². The van der Waals surface area contributed by atoms with E-state index < -0.39 is 0 Å². The van der Waals surface area contributed by atoms with E-state index in [2.05, 4.69) is 63.5 Å². The second-order valence-electron chi connectivity index (χ2n) is 9.76. The van der Waals surface area contributed by atoms with Gasteiger partial charge in [0.2, 0.25) is 0 Å². The Morgan fingerprint density at radius 2 is 2.00 bits per heavy atom. The molecule has 4 aromatic rings. The third-order valence-corrected chi connectivity index (χ3v) is 6.81. The predicted molar refractivity (Wildman–Crippen MR) is 131 cm³/mol. The molecule has 0 amide bonds. The Bertz CT molecular complexity index is 1430. The van der Waals surface area contributed by atoms with Crippen molar-refractivity contribution < 1.29 is 9.47 Å². The van der Waals surface area contributed by atoms with Crippen LogP contribution in [-0.4, -0.2) is 37.9 Å². The van der Waals surface area contributed by atoms with Gasteiger partial charge in [-0.25, -0.2) is 9.97 Å². The summed E-state index contributed by atoms with van der Waals surface area (Å²) in [6.07, 6.45) is 7.26. The monoisotopic (exact) mass is 469 g/mol. The lowest BCUT2D eigenvalue weighted by Gasteiger charge is -2.26. The molecule has 1 aliphatic carbocycles. The highest BCUT2D eigenvalue weighted by Gasteiger charge is 2.43. The van der Waals surface area contributed by atoms with E-state index in [1.165, 1.54) is 0 Å². The standard InChI is InChI=1S/C26H27N7O2/c1-16(2)23(17-3-4-21-22(9-17)35-8-7-34-21)32-25-19-10-20(31-24(19)28-15-29-25)18-11-30-33(12-18)14-26(13-27)5-6-26/h3-4,9-12,15-16,23H,5-8,14H2,1-2H3,(H2,28,29,31,32)/t23-/m1/s1. The summed E-state index contributed by atoms with van der Waals surface area (Å²) in [5.41, 5.74) is 3.49. The molecule has 1 aliphatic heterocycles. The topological polar surface area (TPSA) is 114 Å². The van der Waals surface area contributed by atoms with Crippen LogP contribution in [-0.2, 0) is 6.54 Å². The van der Waals surface area contributed by atoms with Crippen LogP contribution in [0.15, 0.2) is 43.0 Å². The lowest BCUT2D eigenvalue weighted by Crippen LogP contribution is -2.19. The van der Waals surface area contributed by atoms with Crippen LogP contribution in [0.25, 0.3) is 22.3 Å². The third-order valence-electron chi connectivity index (χ3n) is 6.81. The number of ether oxygens (including phenoxy) is 2. The van der Waals surface area contributed by atoms with Crippen molar-refractivity contribution in [2.75, 3.05) is 18.5 Å². The fraction of sp³-hybridized carbons (Fsp3) is 0.385. The summed E-state index contributed by atoms with van der Waals surface area (Å²) in [6, 6.07) is 10.6. The Morgan fingerprint density at radius 1 is 1.17 bits per heavy atom. The highest BCUT2D eigenvalue weighted by atomic mass is 16.6. The molecule has 1 fully saturated rings. The first-order chi connectivity index (χ1) is 17.0. The second kappa shape index (κ2) is 8.31. The van der Waals surface area contributed by atoms with Crippen LogP contribution in [0, 0.1) is 22.7 Å². The fourth-order valence-electron chi connectivity index (χ4n) is 4.60. The summed E-state index contributed by atoms with van der Waals surface area (Å²) >= 11 is 0. The predicted octanol–water partition coefficient (Wildman–Crippen LogP) is 4.71. The number of aromatic amines is 1. The zero-order valence-electron chi connectivity index (χ0n) is 19.8. The van der Waals surface area contributed by atoms with E-state index >= 15 is 0 Å². The van der Waals surface area contributed by atoms with E-state index in [1.54, 1.807) is 6.33 Å². The SMILES string of the molecule is CC(C)[C@@H](Nc1ncnc2[nH]c(-c3cnn(CC4(C#N)CC4)c3)cc12)c1ccc2c(c1)OCCO2. The van der Waals surface area contributed by atoms with Crippen molar-refractivity contribution in [3.05, 3.63) is 48.5 Å². The quantitative estimate of drug-likeness (QED) is 0.403. The summed E-state index contributed by atoms with van der Waals surface area (Å²) < 4.78 is 13.3. The fourth-order valence-corrected chi connectivity index (χ4v) is 4.60. The molecular weight excluding hydrogens is 442 g/mol. The molecule has 0 radical (unpaired) electrons. The van der Waals surface area contributed by atoms with Gasteiger partial charge in [0.25, 0.3) is 0 Å². The molecule has 1 aromatic carbocycles. The summed E-state index contributed by atoms with van der Waals surface area (Å²) in [5, 5.41) is 18.4. The minimum absolute atomic E-state index is 0.0192. The largest absolute Gasteiger partial charge is 0.486 e. The van der Waals surface area contributed by atoms with Crippen LogP contribution in [0.4, 0.5) is 5.82 Å². The average Bonchev–Trinajstić information content (AvgIpc) is 3.26. The Labute approximate surface area is 203 Å². The van der Waals surface area contributed by atoms with Gasteiger partial charge >= 0.3 is 0 Å². The maximum atomic E-state index is 9.39. The molecule has 3 aromatic heterocycles. The number of nitriles is 1. The van der Waals surface area contributed by atoms with E-state index in [4.69, 9.17) is 9.47 Å². The lowest BCUT2D eigenvalue weighted by molar-refractivity contribution is 0.171. The first kappa shape index (κ1) is 21.5. The number of aromatic nitrogens is 5. The Morgan fingerprint density at radius 3 is 2.77 bits per heavy atom. The highest BCUT2D eigenvalue weighted by molar-refractivity contribution is 5.91. The molecule has 9 heteroatoms. The highest BCUT2D eigenvalue weighted by Crippen LogP contribution is 2.46. The smallest absolute Gasteiger partial charge is 0.161 e. The maximum Gasteiger partial charge on any atom is 0.161 e. The van der Waals surface area contributed by atoms with Gasteiger partial charge < -0.3 is 19.8 Å². The number of nitrogens with zero attached hydrogens (tertiary/aromatic N) is 5.